The minimum Gasteiger partial charge on any atom is -0.462 e. The van der Waals surface area contributed by atoms with Gasteiger partial charge in [-0.15, -0.1) is 0 Å². The highest BCUT2D eigenvalue weighted by molar-refractivity contribution is 7.81. The van der Waals surface area contributed by atoms with E-state index in [0.29, 0.717) is 12.8 Å². The van der Waals surface area contributed by atoms with Gasteiger partial charge >= 0.3 is 26.8 Å². The molecule has 0 aliphatic carbocycles. The Kier molecular flexibility index (Phi) is 16.5. The maximum Gasteiger partial charge on any atom is 0.397 e. The first-order valence-electron chi connectivity index (χ1n) is 15.6. The van der Waals surface area contributed by atoms with Gasteiger partial charge in [0.1, 0.15) is 55.6 Å². The molecular formula is C27H46O22S2. The summed E-state index contributed by atoms with van der Waals surface area (Å²) in [6.45, 7) is 3.74. The van der Waals surface area contributed by atoms with E-state index in [2.05, 4.69) is 14.9 Å². The van der Waals surface area contributed by atoms with Gasteiger partial charge in [-0.2, -0.15) is 16.8 Å². The molecule has 3 fully saturated rings. The number of aliphatic hydroxyl groups is 5. The molecule has 14 atom stereocenters. The summed E-state index contributed by atoms with van der Waals surface area (Å²) in [6.07, 6.45) is -19.2. The lowest BCUT2D eigenvalue weighted by atomic mass is 9.92. The second-order valence-corrected chi connectivity index (χ2v) is 14.2. The molecule has 0 radical (unpaired) electrons. The standard InChI is InChI=1S/C27H46O22S2/c1-12(2)24(33)41-8-6-5-7-14-18(30)22(16(45-14)10-44-51(37,38)39)47-26-20(32)19(31)23(27(49-26)42-11-28)48-25-13(3)17(29)21(40-4)15(46-25)9-43-50(34,35)36/h13-23,25-32H,1,5-11H2,2-4H3,(H,34,35,36)(H,37,38,39)/t13?,14-,15?,16+,17+,18?,19+,20?,21+,22-,23-,25+,26+,27?/m0/s1. The van der Waals surface area contributed by atoms with Gasteiger partial charge in [-0.1, -0.05) is 13.5 Å². The molecule has 24 heteroatoms. The fraction of sp³-hybridized carbons (Fsp3) is 0.889. The number of methoxy groups -OCH3 is 1. The highest BCUT2D eigenvalue weighted by Gasteiger charge is 2.54. The molecule has 0 aromatic rings. The first kappa shape index (κ1) is 43.9. The smallest absolute Gasteiger partial charge is 0.397 e. The number of carbonyl (C=O) groups is 1. The van der Waals surface area contributed by atoms with Crippen LogP contribution < -0.4 is 0 Å². The minimum atomic E-state index is -4.97. The van der Waals surface area contributed by atoms with Crippen LogP contribution in [0.1, 0.15) is 33.1 Å². The van der Waals surface area contributed by atoms with Crippen molar-refractivity contribution in [3.63, 3.8) is 0 Å². The van der Waals surface area contributed by atoms with E-state index in [-0.39, 0.29) is 18.6 Å². The quantitative estimate of drug-likeness (QED) is 0.0224. The van der Waals surface area contributed by atoms with Crippen LogP contribution in [0.2, 0.25) is 0 Å². The number of aliphatic hydroxyl groups excluding tert-OH is 5. The molecule has 0 bridgehead atoms. The normalized spacial score (nSPS) is 37.7. The number of hydrogen-bond acceptors (Lipinski definition) is 20. The fourth-order valence-electron chi connectivity index (χ4n) is 5.61. The van der Waals surface area contributed by atoms with Gasteiger partial charge in [0.25, 0.3) is 0 Å². The van der Waals surface area contributed by atoms with E-state index < -0.39 is 133 Å². The predicted molar refractivity (Wildman–Crippen MR) is 163 cm³/mol. The number of hydrogen-bond donors (Lipinski definition) is 7. The van der Waals surface area contributed by atoms with Crippen LogP contribution in [-0.2, 0) is 71.9 Å². The van der Waals surface area contributed by atoms with E-state index in [4.69, 9.17) is 47.0 Å². The first-order valence-corrected chi connectivity index (χ1v) is 18.3. The molecule has 7 N–H and O–H groups in total. The molecule has 3 aliphatic rings. The fourth-order valence-corrected chi connectivity index (χ4v) is 6.22. The lowest BCUT2D eigenvalue weighted by molar-refractivity contribution is -0.396. The highest BCUT2D eigenvalue weighted by atomic mass is 32.3. The molecule has 0 spiro atoms. The van der Waals surface area contributed by atoms with Crippen molar-refractivity contribution in [2.45, 2.75) is 113 Å². The van der Waals surface area contributed by atoms with Crippen molar-refractivity contribution < 1.29 is 103 Å². The van der Waals surface area contributed by atoms with Crippen LogP contribution in [0, 0.1) is 5.92 Å². The predicted octanol–water partition coefficient (Wildman–Crippen LogP) is -3.08. The summed E-state index contributed by atoms with van der Waals surface area (Å²) < 4.78 is 116. The maximum absolute atomic E-state index is 11.6. The number of ether oxygens (including phenoxy) is 8. The number of esters is 1. The van der Waals surface area contributed by atoms with Gasteiger partial charge < -0.3 is 63.4 Å². The van der Waals surface area contributed by atoms with Crippen molar-refractivity contribution in [3.05, 3.63) is 12.2 Å². The zero-order valence-corrected chi connectivity index (χ0v) is 29.4. The second kappa shape index (κ2) is 19.2. The van der Waals surface area contributed by atoms with Crippen molar-refractivity contribution in [1.82, 2.24) is 0 Å². The van der Waals surface area contributed by atoms with Gasteiger partial charge in [0, 0.05) is 18.6 Å². The van der Waals surface area contributed by atoms with Crippen LogP contribution in [0.15, 0.2) is 12.2 Å². The molecular weight excluding hydrogens is 740 g/mol. The van der Waals surface area contributed by atoms with Gasteiger partial charge in [0.05, 0.1) is 32.0 Å². The summed E-state index contributed by atoms with van der Waals surface area (Å²) >= 11 is 0. The Balaban J connectivity index is 1.73. The molecule has 3 heterocycles. The molecule has 298 valence electrons. The lowest BCUT2D eigenvalue weighted by Crippen LogP contribution is -2.64. The highest BCUT2D eigenvalue weighted by Crippen LogP contribution is 2.35. The van der Waals surface area contributed by atoms with Gasteiger partial charge in [-0.3, -0.25) is 9.11 Å². The molecule has 5 unspecified atom stereocenters. The largest absolute Gasteiger partial charge is 0.462 e. The number of unbranched alkanes of at least 4 members (excludes halogenated alkanes) is 1. The maximum atomic E-state index is 11.6. The monoisotopic (exact) mass is 786 g/mol. The average Bonchev–Trinajstić information content (AvgIpc) is 3.33. The van der Waals surface area contributed by atoms with Crippen LogP contribution in [0.3, 0.4) is 0 Å². The Bertz CT molecular complexity index is 1350. The second-order valence-electron chi connectivity index (χ2n) is 12.0. The van der Waals surface area contributed by atoms with Gasteiger partial charge in [-0.05, 0) is 26.2 Å². The third-order valence-electron chi connectivity index (χ3n) is 8.24. The summed E-state index contributed by atoms with van der Waals surface area (Å²) in [4.78, 5) is 11.6. The van der Waals surface area contributed by atoms with Crippen molar-refractivity contribution in [1.29, 1.82) is 0 Å². The van der Waals surface area contributed by atoms with Gasteiger partial charge in [0.2, 0.25) is 0 Å². The van der Waals surface area contributed by atoms with Crippen LogP contribution in [0.4, 0.5) is 0 Å². The van der Waals surface area contributed by atoms with E-state index >= 15 is 0 Å². The Labute approximate surface area is 293 Å². The molecule has 3 saturated heterocycles. The first-order chi connectivity index (χ1) is 23.8. The van der Waals surface area contributed by atoms with Crippen molar-refractivity contribution in [2.24, 2.45) is 5.92 Å². The molecule has 0 aromatic carbocycles. The average molecular weight is 787 g/mol. The van der Waals surface area contributed by atoms with E-state index in [1.807, 2.05) is 0 Å². The van der Waals surface area contributed by atoms with E-state index in [0.717, 1.165) is 0 Å². The van der Waals surface area contributed by atoms with E-state index in [1.54, 1.807) is 0 Å². The number of carbonyl (C=O) groups excluding carboxylic acids is 1. The lowest BCUT2D eigenvalue weighted by Gasteiger charge is -2.47. The van der Waals surface area contributed by atoms with Gasteiger partial charge in [-0.25, -0.2) is 13.2 Å². The third kappa shape index (κ3) is 12.5. The van der Waals surface area contributed by atoms with Gasteiger partial charge in [0.15, 0.2) is 18.9 Å². The molecule has 0 aromatic heterocycles. The molecule has 0 saturated carbocycles. The zero-order chi connectivity index (χ0) is 38.3. The molecule has 3 rings (SSSR count). The zero-order valence-electron chi connectivity index (χ0n) is 27.8. The Morgan fingerprint density at radius 3 is 1.88 bits per heavy atom. The summed E-state index contributed by atoms with van der Waals surface area (Å²) in [6, 6.07) is 0. The summed E-state index contributed by atoms with van der Waals surface area (Å²) in [5, 5.41) is 53.6. The summed E-state index contributed by atoms with van der Waals surface area (Å²) in [5.74, 6) is -1.53. The van der Waals surface area contributed by atoms with E-state index in [1.165, 1.54) is 21.0 Å². The van der Waals surface area contributed by atoms with E-state index in [9.17, 15) is 47.2 Å². The molecule has 3 aliphatic heterocycles. The molecule has 22 nitrogen and oxygen atoms in total. The topological polar surface area (TPSA) is 319 Å². The molecule has 51 heavy (non-hydrogen) atoms. The van der Waals surface area contributed by atoms with Crippen LogP contribution in [0.5, 0.6) is 0 Å². The minimum absolute atomic E-state index is 0.0365. The van der Waals surface area contributed by atoms with Crippen molar-refractivity contribution >= 4 is 26.8 Å². The Morgan fingerprint density at radius 2 is 1.33 bits per heavy atom. The van der Waals surface area contributed by atoms with Crippen LogP contribution >= 0.6 is 0 Å². The summed E-state index contributed by atoms with van der Waals surface area (Å²) in [5.41, 5.74) is 0.210. The third-order valence-corrected chi connectivity index (χ3v) is 9.10. The van der Waals surface area contributed by atoms with Crippen LogP contribution in [-0.4, -0.2) is 171 Å². The Hall–Kier alpha value is -1.53. The SMILES string of the molecule is C=C(C)C(=O)OCCCC[C@@H]1O[C@H](COS(=O)(=O)O)[C@H](O[C@@H]2OC(OCO)[C@@H](O[C@H]3OC(COS(=O)(=O)O)[C@@H](OC)[C@H](O)C3C)[C@H](O)C2O)C1O. The summed E-state index contributed by atoms with van der Waals surface area (Å²) in [7, 11) is -8.70. The van der Waals surface area contributed by atoms with Crippen molar-refractivity contribution in [2.75, 3.05) is 33.7 Å². The Morgan fingerprint density at radius 1 is 0.745 bits per heavy atom. The van der Waals surface area contributed by atoms with Crippen LogP contribution in [0.25, 0.3) is 0 Å². The van der Waals surface area contributed by atoms with Crippen molar-refractivity contribution in [3.8, 4) is 0 Å². The molecule has 0 amide bonds. The number of rotatable bonds is 19.